The summed E-state index contributed by atoms with van der Waals surface area (Å²) in [7, 11) is 1.54. The van der Waals surface area contributed by atoms with E-state index in [4.69, 9.17) is 22.2 Å². The van der Waals surface area contributed by atoms with Gasteiger partial charge in [-0.3, -0.25) is 16.0 Å². The minimum Gasteiger partial charge on any atom is -0.497 e. The number of non-ortho nitro benzene ring substituents is 1. The Hall–Kier alpha value is -2.51. The molecule has 0 fully saturated rings. The van der Waals surface area contributed by atoms with Crippen LogP contribution in [-0.2, 0) is 0 Å². The van der Waals surface area contributed by atoms with Gasteiger partial charge < -0.3 is 15.5 Å². The maximum atomic E-state index is 10.9. The van der Waals surface area contributed by atoms with Crippen molar-refractivity contribution in [3.8, 4) is 5.75 Å². The summed E-state index contributed by atoms with van der Waals surface area (Å²) in [4.78, 5) is 10.4. The molecule has 21 heavy (non-hydrogen) atoms. The number of nitrogen functional groups attached to an aromatic ring is 1. The molecule has 110 valence electrons. The van der Waals surface area contributed by atoms with Crippen molar-refractivity contribution in [1.82, 2.24) is 0 Å². The fourth-order valence-electron chi connectivity index (χ4n) is 1.75. The van der Waals surface area contributed by atoms with Crippen LogP contribution in [0.25, 0.3) is 0 Å². The first-order chi connectivity index (χ1) is 10.0. The number of hydrazine groups is 1. The van der Waals surface area contributed by atoms with Gasteiger partial charge in [0.2, 0.25) is 0 Å². The molecule has 0 aromatic heterocycles. The van der Waals surface area contributed by atoms with E-state index in [0.29, 0.717) is 27.8 Å². The number of ether oxygens (including phenoxy) is 1. The van der Waals surface area contributed by atoms with Gasteiger partial charge in [0, 0.05) is 23.9 Å². The second-order valence-electron chi connectivity index (χ2n) is 4.14. The third kappa shape index (κ3) is 3.53. The van der Waals surface area contributed by atoms with Crippen LogP contribution in [0, 0.1) is 10.1 Å². The van der Waals surface area contributed by atoms with E-state index in [2.05, 4.69) is 10.7 Å². The maximum absolute atomic E-state index is 10.9. The van der Waals surface area contributed by atoms with Gasteiger partial charge in [-0.2, -0.15) is 0 Å². The average Bonchev–Trinajstić information content (AvgIpc) is 2.49. The predicted octanol–water partition coefficient (Wildman–Crippen LogP) is 3.29. The number of nitro groups is 1. The lowest BCUT2D eigenvalue weighted by molar-refractivity contribution is -0.384. The van der Waals surface area contributed by atoms with E-state index < -0.39 is 4.92 Å². The molecule has 0 atom stereocenters. The lowest BCUT2D eigenvalue weighted by Gasteiger charge is -2.11. The second kappa shape index (κ2) is 6.29. The van der Waals surface area contributed by atoms with E-state index in [1.165, 1.54) is 19.2 Å². The molecule has 2 aromatic carbocycles. The van der Waals surface area contributed by atoms with Crippen LogP contribution < -0.4 is 21.3 Å². The Morgan fingerprint density at radius 3 is 2.57 bits per heavy atom. The van der Waals surface area contributed by atoms with Gasteiger partial charge in [-0.1, -0.05) is 11.6 Å². The first-order valence-corrected chi connectivity index (χ1v) is 6.28. The Morgan fingerprint density at radius 2 is 1.95 bits per heavy atom. The SMILES string of the molecule is COc1ccc(Cl)c(Nc2cc(NN)cc([N+](=O)[O-])c2)c1. The summed E-state index contributed by atoms with van der Waals surface area (Å²) >= 11 is 6.09. The normalized spacial score (nSPS) is 10.0. The number of nitrogens with one attached hydrogen (secondary N) is 2. The fourth-order valence-corrected chi connectivity index (χ4v) is 1.92. The molecule has 0 aliphatic rings. The lowest BCUT2D eigenvalue weighted by Crippen LogP contribution is -2.07. The van der Waals surface area contributed by atoms with Crippen molar-refractivity contribution in [1.29, 1.82) is 0 Å². The number of benzene rings is 2. The number of methoxy groups -OCH3 is 1. The first-order valence-electron chi connectivity index (χ1n) is 5.90. The van der Waals surface area contributed by atoms with Crippen LogP contribution in [-0.4, -0.2) is 12.0 Å². The summed E-state index contributed by atoms with van der Waals surface area (Å²) < 4.78 is 5.12. The first kappa shape index (κ1) is 14.9. The maximum Gasteiger partial charge on any atom is 0.273 e. The zero-order chi connectivity index (χ0) is 15.4. The van der Waals surface area contributed by atoms with Gasteiger partial charge in [-0.25, -0.2) is 0 Å². The van der Waals surface area contributed by atoms with Crippen molar-refractivity contribution < 1.29 is 9.66 Å². The highest BCUT2D eigenvalue weighted by Gasteiger charge is 2.11. The molecule has 0 aliphatic carbocycles. The monoisotopic (exact) mass is 308 g/mol. The highest BCUT2D eigenvalue weighted by atomic mass is 35.5. The zero-order valence-electron chi connectivity index (χ0n) is 11.1. The van der Waals surface area contributed by atoms with Crippen LogP contribution in [0.4, 0.5) is 22.7 Å². The number of hydrogen-bond acceptors (Lipinski definition) is 6. The van der Waals surface area contributed by atoms with Gasteiger partial charge in [-0.05, 0) is 18.2 Å². The predicted molar refractivity (Wildman–Crippen MR) is 82.2 cm³/mol. The van der Waals surface area contributed by atoms with Gasteiger partial charge in [-0.15, -0.1) is 0 Å². The summed E-state index contributed by atoms with van der Waals surface area (Å²) in [6, 6.07) is 9.42. The summed E-state index contributed by atoms with van der Waals surface area (Å²) in [5, 5.41) is 14.4. The number of rotatable bonds is 5. The smallest absolute Gasteiger partial charge is 0.273 e. The molecule has 0 saturated heterocycles. The largest absolute Gasteiger partial charge is 0.497 e. The molecule has 8 heteroatoms. The van der Waals surface area contributed by atoms with Crippen molar-refractivity contribution in [3.05, 3.63) is 51.5 Å². The molecule has 7 nitrogen and oxygen atoms in total. The molecule has 0 amide bonds. The van der Waals surface area contributed by atoms with E-state index in [-0.39, 0.29) is 5.69 Å². The summed E-state index contributed by atoms with van der Waals surface area (Å²) in [5.41, 5.74) is 3.75. The lowest BCUT2D eigenvalue weighted by atomic mass is 10.2. The molecule has 0 unspecified atom stereocenters. The Labute approximate surface area is 125 Å². The number of halogens is 1. The Balaban J connectivity index is 2.39. The molecule has 0 saturated carbocycles. The van der Waals surface area contributed by atoms with Crippen molar-refractivity contribution in [3.63, 3.8) is 0 Å². The van der Waals surface area contributed by atoms with Gasteiger partial charge >= 0.3 is 0 Å². The Kier molecular flexibility index (Phi) is 4.46. The summed E-state index contributed by atoms with van der Waals surface area (Å²) in [6.07, 6.45) is 0. The molecule has 4 N–H and O–H groups in total. The van der Waals surface area contributed by atoms with Crippen LogP contribution in [0.1, 0.15) is 0 Å². The van der Waals surface area contributed by atoms with E-state index in [1.54, 1.807) is 24.3 Å². The molecule has 0 heterocycles. The molecule has 0 spiro atoms. The van der Waals surface area contributed by atoms with Crippen molar-refractivity contribution in [2.24, 2.45) is 5.84 Å². The quantitative estimate of drug-likeness (QED) is 0.445. The van der Waals surface area contributed by atoms with Gasteiger partial charge in [0.25, 0.3) is 5.69 Å². The number of hydrogen-bond donors (Lipinski definition) is 3. The number of nitrogens with two attached hydrogens (primary N) is 1. The zero-order valence-corrected chi connectivity index (χ0v) is 11.8. The molecule has 0 aliphatic heterocycles. The number of nitrogens with zero attached hydrogens (tertiary/aromatic N) is 1. The third-order valence-electron chi connectivity index (χ3n) is 2.75. The van der Waals surface area contributed by atoms with Crippen LogP contribution >= 0.6 is 11.6 Å². The Morgan fingerprint density at radius 1 is 1.24 bits per heavy atom. The minimum atomic E-state index is -0.501. The van der Waals surface area contributed by atoms with Crippen molar-refractivity contribution in [2.75, 3.05) is 17.9 Å². The molecule has 0 radical (unpaired) electrons. The minimum absolute atomic E-state index is 0.0908. The highest BCUT2D eigenvalue weighted by Crippen LogP contribution is 2.32. The van der Waals surface area contributed by atoms with Crippen LogP contribution in [0.5, 0.6) is 5.75 Å². The number of anilines is 3. The second-order valence-corrected chi connectivity index (χ2v) is 4.55. The van der Waals surface area contributed by atoms with E-state index >= 15 is 0 Å². The summed E-state index contributed by atoms with van der Waals surface area (Å²) in [5.74, 6) is 5.93. The average molecular weight is 309 g/mol. The topological polar surface area (TPSA) is 102 Å². The van der Waals surface area contributed by atoms with Gasteiger partial charge in [0.1, 0.15) is 5.75 Å². The van der Waals surface area contributed by atoms with Crippen LogP contribution in [0.2, 0.25) is 5.02 Å². The summed E-state index contributed by atoms with van der Waals surface area (Å²) in [6.45, 7) is 0. The number of nitro benzene ring substituents is 1. The van der Waals surface area contributed by atoms with Gasteiger partial charge in [0.05, 0.1) is 28.4 Å². The third-order valence-corrected chi connectivity index (χ3v) is 3.08. The standard InChI is InChI=1S/C13H13ClN4O3/c1-21-11-2-3-12(14)13(7-11)16-8-4-9(17-15)6-10(5-8)18(19)20/h2-7,16-17H,15H2,1H3. The molecular formula is C13H13ClN4O3. The molecule has 2 aromatic rings. The van der Waals surface area contributed by atoms with Crippen LogP contribution in [0.15, 0.2) is 36.4 Å². The van der Waals surface area contributed by atoms with Crippen LogP contribution in [0.3, 0.4) is 0 Å². The Bertz CT molecular complexity index is 678. The van der Waals surface area contributed by atoms with E-state index in [9.17, 15) is 10.1 Å². The van der Waals surface area contributed by atoms with Crippen molar-refractivity contribution in [2.45, 2.75) is 0 Å². The molecule has 0 bridgehead atoms. The van der Waals surface area contributed by atoms with E-state index in [0.717, 1.165) is 0 Å². The highest BCUT2D eigenvalue weighted by molar-refractivity contribution is 6.33. The molecular weight excluding hydrogens is 296 g/mol. The van der Waals surface area contributed by atoms with E-state index in [1.807, 2.05) is 0 Å². The molecule has 2 rings (SSSR count). The van der Waals surface area contributed by atoms with Crippen molar-refractivity contribution >= 4 is 34.4 Å². The van der Waals surface area contributed by atoms with Gasteiger partial charge in [0.15, 0.2) is 0 Å². The fraction of sp³-hybridized carbons (Fsp3) is 0.0769.